The first-order chi connectivity index (χ1) is 16.3. The first-order valence-corrected chi connectivity index (χ1v) is 12.1. The summed E-state index contributed by atoms with van der Waals surface area (Å²) < 4.78 is 73.3. The highest BCUT2D eigenvalue weighted by atomic mass is 35.5. The summed E-state index contributed by atoms with van der Waals surface area (Å²) in [7, 11) is -3.17. The van der Waals surface area contributed by atoms with Gasteiger partial charge in [0.1, 0.15) is 17.2 Å². The summed E-state index contributed by atoms with van der Waals surface area (Å²) in [5.74, 6) is -0.994. The number of halogens is 5. The van der Waals surface area contributed by atoms with E-state index in [4.69, 9.17) is 27.9 Å². The van der Waals surface area contributed by atoms with E-state index in [1.807, 2.05) is 0 Å². The molecule has 186 valence electrons. The van der Waals surface area contributed by atoms with Crippen molar-refractivity contribution >= 4 is 50.5 Å². The Labute approximate surface area is 210 Å². The second-order valence-electron chi connectivity index (χ2n) is 7.36. The molecule has 0 atom stereocenters. The van der Waals surface area contributed by atoms with Crippen LogP contribution in [0.1, 0.15) is 11.1 Å². The fourth-order valence-electron chi connectivity index (χ4n) is 3.22. The Kier molecular flexibility index (Phi) is 7.88. The molecule has 0 radical (unpaired) electrons. The number of nitrogens with one attached hydrogen (secondary N) is 1. The van der Waals surface area contributed by atoms with E-state index in [1.165, 1.54) is 49.6 Å². The molecule has 0 aliphatic rings. The van der Waals surface area contributed by atoms with Crippen molar-refractivity contribution in [2.24, 2.45) is 0 Å². The molecule has 0 heterocycles. The lowest BCUT2D eigenvalue weighted by atomic mass is 10.1. The van der Waals surface area contributed by atoms with Crippen LogP contribution < -0.4 is 14.4 Å². The van der Waals surface area contributed by atoms with Crippen LogP contribution in [-0.2, 0) is 21.0 Å². The molecular formula is C23H19Cl2F3N2O4S. The van der Waals surface area contributed by atoms with Crippen molar-refractivity contribution in [2.75, 3.05) is 23.3 Å². The summed E-state index contributed by atoms with van der Waals surface area (Å²) in [6.07, 6.45) is -4.73. The van der Waals surface area contributed by atoms with E-state index in [9.17, 15) is 26.4 Å². The van der Waals surface area contributed by atoms with Crippen molar-refractivity contribution < 1.29 is 31.1 Å². The number of carbonyl (C=O) groups is 1. The average molecular weight is 547 g/mol. The van der Waals surface area contributed by atoms with Gasteiger partial charge in [0.05, 0.1) is 34.1 Å². The SMILES string of the molecule is COc1ccc(C)cc1S(=O)(=O)N(CC(=O)Nc1ccccc1C(F)(F)F)c1ccc(Cl)c(Cl)c1. The monoisotopic (exact) mass is 546 g/mol. The molecule has 0 aliphatic carbocycles. The van der Waals surface area contributed by atoms with Crippen LogP contribution >= 0.6 is 23.2 Å². The number of hydrogen-bond acceptors (Lipinski definition) is 4. The molecule has 0 aromatic heterocycles. The Morgan fingerprint density at radius 2 is 1.71 bits per heavy atom. The Bertz CT molecular complexity index is 1370. The number of benzene rings is 3. The van der Waals surface area contributed by atoms with E-state index in [-0.39, 0.29) is 26.4 Å². The van der Waals surface area contributed by atoms with Gasteiger partial charge in [-0.05, 0) is 55.0 Å². The molecule has 0 spiro atoms. The lowest BCUT2D eigenvalue weighted by Crippen LogP contribution is -2.38. The van der Waals surface area contributed by atoms with Gasteiger partial charge in [-0.25, -0.2) is 8.42 Å². The number of rotatable bonds is 7. The quantitative estimate of drug-likeness (QED) is 0.385. The predicted molar refractivity (Wildman–Crippen MR) is 129 cm³/mol. The third-order valence-electron chi connectivity index (χ3n) is 4.87. The number of nitrogens with zero attached hydrogens (tertiary/aromatic N) is 1. The molecular weight excluding hydrogens is 528 g/mol. The topological polar surface area (TPSA) is 75.7 Å². The van der Waals surface area contributed by atoms with Gasteiger partial charge in [-0.15, -0.1) is 0 Å². The number of anilines is 2. The number of para-hydroxylation sites is 1. The predicted octanol–water partition coefficient (Wildman–Crippen LogP) is 6.16. The molecule has 0 bridgehead atoms. The minimum Gasteiger partial charge on any atom is -0.495 e. The van der Waals surface area contributed by atoms with Crippen LogP contribution in [0.5, 0.6) is 5.75 Å². The molecule has 0 unspecified atom stereocenters. The van der Waals surface area contributed by atoms with Gasteiger partial charge in [-0.3, -0.25) is 9.10 Å². The lowest BCUT2D eigenvalue weighted by molar-refractivity contribution is -0.137. The summed E-state index contributed by atoms with van der Waals surface area (Å²) in [6, 6.07) is 12.7. The van der Waals surface area contributed by atoms with Gasteiger partial charge in [0.25, 0.3) is 10.0 Å². The number of hydrogen-bond donors (Lipinski definition) is 1. The summed E-state index contributed by atoms with van der Waals surface area (Å²) >= 11 is 12.0. The van der Waals surface area contributed by atoms with Crippen LogP contribution in [0.2, 0.25) is 10.0 Å². The summed E-state index contributed by atoms with van der Waals surface area (Å²) in [5, 5.41) is 2.31. The van der Waals surface area contributed by atoms with E-state index >= 15 is 0 Å². The molecule has 3 aromatic rings. The van der Waals surface area contributed by atoms with Gasteiger partial charge >= 0.3 is 6.18 Å². The molecule has 0 aliphatic heterocycles. The number of sulfonamides is 1. The molecule has 12 heteroatoms. The van der Waals surface area contributed by atoms with Crippen LogP contribution in [0.25, 0.3) is 0 Å². The second-order valence-corrected chi connectivity index (χ2v) is 10.0. The molecule has 3 aromatic carbocycles. The highest BCUT2D eigenvalue weighted by molar-refractivity contribution is 7.93. The number of ether oxygens (including phenoxy) is 1. The van der Waals surface area contributed by atoms with E-state index < -0.39 is 39.9 Å². The summed E-state index contributed by atoms with van der Waals surface area (Å²) in [4.78, 5) is 12.6. The van der Waals surface area contributed by atoms with Gasteiger partial charge < -0.3 is 10.1 Å². The Morgan fingerprint density at radius 3 is 2.34 bits per heavy atom. The van der Waals surface area contributed by atoms with Gasteiger partial charge in [0.15, 0.2) is 0 Å². The normalized spacial score (nSPS) is 11.7. The minimum absolute atomic E-state index is 0.0170. The summed E-state index contributed by atoms with van der Waals surface area (Å²) in [5.41, 5.74) is -1.01. The van der Waals surface area contributed by atoms with Crippen molar-refractivity contribution in [3.8, 4) is 5.75 Å². The van der Waals surface area contributed by atoms with Gasteiger partial charge in [-0.1, -0.05) is 41.4 Å². The van der Waals surface area contributed by atoms with Gasteiger partial charge in [0, 0.05) is 0 Å². The highest BCUT2D eigenvalue weighted by Crippen LogP contribution is 2.36. The number of carbonyl (C=O) groups excluding carboxylic acids is 1. The first kappa shape index (κ1) is 26.7. The zero-order valence-electron chi connectivity index (χ0n) is 18.4. The zero-order chi connectivity index (χ0) is 26.0. The number of amides is 1. The fourth-order valence-corrected chi connectivity index (χ4v) is 5.17. The fraction of sp³-hybridized carbons (Fsp3) is 0.174. The maximum absolute atomic E-state index is 13.7. The van der Waals surface area contributed by atoms with E-state index in [0.717, 1.165) is 16.4 Å². The molecule has 35 heavy (non-hydrogen) atoms. The van der Waals surface area contributed by atoms with Crippen molar-refractivity contribution in [2.45, 2.75) is 18.0 Å². The van der Waals surface area contributed by atoms with Crippen molar-refractivity contribution in [1.29, 1.82) is 0 Å². The number of methoxy groups -OCH3 is 1. The smallest absolute Gasteiger partial charge is 0.418 e. The van der Waals surface area contributed by atoms with E-state index in [0.29, 0.717) is 5.56 Å². The third kappa shape index (κ3) is 6.01. The average Bonchev–Trinajstić information content (AvgIpc) is 2.79. The highest BCUT2D eigenvalue weighted by Gasteiger charge is 2.35. The van der Waals surface area contributed by atoms with Gasteiger partial charge in [0.2, 0.25) is 5.91 Å². The maximum Gasteiger partial charge on any atom is 0.418 e. The molecule has 1 N–H and O–H groups in total. The maximum atomic E-state index is 13.7. The molecule has 6 nitrogen and oxygen atoms in total. The zero-order valence-corrected chi connectivity index (χ0v) is 20.7. The van der Waals surface area contributed by atoms with Gasteiger partial charge in [-0.2, -0.15) is 13.2 Å². The lowest BCUT2D eigenvalue weighted by Gasteiger charge is -2.25. The largest absolute Gasteiger partial charge is 0.495 e. The minimum atomic E-state index is -4.73. The Balaban J connectivity index is 2.07. The number of aryl methyl sites for hydroxylation is 1. The van der Waals surface area contributed by atoms with Crippen LogP contribution in [0.3, 0.4) is 0 Å². The molecule has 0 fully saturated rings. The van der Waals surface area contributed by atoms with Crippen molar-refractivity contribution in [3.63, 3.8) is 0 Å². The molecule has 3 rings (SSSR count). The van der Waals surface area contributed by atoms with Crippen LogP contribution in [-0.4, -0.2) is 28.0 Å². The van der Waals surface area contributed by atoms with E-state index in [1.54, 1.807) is 13.0 Å². The first-order valence-electron chi connectivity index (χ1n) is 9.93. The van der Waals surface area contributed by atoms with Crippen LogP contribution in [0, 0.1) is 6.92 Å². The Morgan fingerprint density at radius 1 is 1.03 bits per heavy atom. The molecule has 1 amide bonds. The number of alkyl halides is 3. The van der Waals surface area contributed by atoms with Crippen LogP contribution in [0.15, 0.2) is 65.6 Å². The van der Waals surface area contributed by atoms with E-state index in [2.05, 4.69) is 5.32 Å². The Hall–Kier alpha value is -2.95. The van der Waals surface area contributed by atoms with Crippen LogP contribution in [0.4, 0.5) is 24.5 Å². The standard InChI is InChI=1S/C23H19Cl2F3N2O4S/c1-14-7-10-20(34-2)21(11-14)35(32,33)30(15-8-9-17(24)18(25)12-15)13-22(31)29-19-6-4-3-5-16(19)23(26,27)28/h3-12H,13H2,1-2H3,(H,29,31). The second kappa shape index (κ2) is 10.3. The summed E-state index contributed by atoms with van der Waals surface area (Å²) in [6.45, 7) is 0.812. The molecule has 0 saturated carbocycles. The molecule has 0 saturated heterocycles. The van der Waals surface area contributed by atoms with Crippen molar-refractivity contribution in [3.05, 3.63) is 81.8 Å². The van der Waals surface area contributed by atoms with Crippen molar-refractivity contribution in [1.82, 2.24) is 0 Å². The third-order valence-corrected chi connectivity index (χ3v) is 7.41.